The molecule has 31 heavy (non-hydrogen) atoms. The molecule has 1 saturated carbocycles. The summed E-state index contributed by atoms with van der Waals surface area (Å²) in [5.41, 5.74) is 0.458. The molecule has 0 spiro atoms. The van der Waals surface area contributed by atoms with E-state index in [4.69, 9.17) is 9.26 Å². The molecule has 3 aliphatic rings. The summed E-state index contributed by atoms with van der Waals surface area (Å²) < 4.78 is 10.8. The molecule has 5 rings (SSSR count). The number of nitrogens with zero attached hydrogens (tertiary/aromatic N) is 5. The first-order chi connectivity index (χ1) is 15.1. The number of rotatable bonds is 5. The van der Waals surface area contributed by atoms with Crippen LogP contribution in [-0.2, 0) is 16.1 Å². The number of ether oxygens (including phenoxy) is 1. The van der Waals surface area contributed by atoms with Crippen molar-refractivity contribution in [1.29, 1.82) is 0 Å². The zero-order valence-electron chi connectivity index (χ0n) is 18.0. The summed E-state index contributed by atoms with van der Waals surface area (Å²) in [5.74, 6) is 1.59. The van der Waals surface area contributed by atoms with Gasteiger partial charge in [-0.25, -0.2) is 0 Å². The number of hydrogen-bond acceptors (Lipinski definition) is 8. The van der Waals surface area contributed by atoms with Gasteiger partial charge in [0.1, 0.15) is 0 Å². The molecule has 3 fully saturated rings. The predicted molar refractivity (Wildman–Crippen MR) is 112 cm³/mol. The maximum Gasteiger partial charge on any atom is 0.266 e. The van der Waals surface area contributed by atoms with E-state index in [0.717, 1.165) is 64.2 Å². The number of morpholine rings is 1. The summed E-state index contributed by atoms with van der Waals surface area (Å²) in [6.07, 6.45) is 5.59. The number of nitrogens with one attached hydrogen (secondary N) is 2. The monoisotopic (exact) mass is 429 g/mol. The van der Waals surface area contributed by atoms with Crippen molar-refractivity contribution in [3.8, 4) is 0 Å². The smallest absolute Gasteiger partial charge is 0.266 e. The lowest BCUT2D eigenvalue weighted by Crippen LogP contribution is -2.61. The number of amides is 1. The van der Waals surface area contributed by atoms with Crippen molar-refractivity contribution in [2.45, 2.75) is 45.2 Å². The van der Waals surface area contributed by atoms with Crippen LogP contribution in [0.4, 0.5) is 5.95 Å². The van der Waals surface area contributed by atoms with Gasteiger partial charge in [0.2, 0.25) is 11.8 Å². The van der Waals surface area contributed by atoms with Crippen LogP contribution in [0.2, 0.25) is 0 Å². The fourth-order valence-electron chi connectivity index (χ4n) is 5.60. The molecule has 0 bridgehead atoms. The number of hydrogen-bond donors (Lipinski definition) is 2. The van der Waals surface area contributed by atoms with Crippen molar-refractivity contribution in [3.05, 3.63) is 23.8 Å². The van der Waals surface area contributed by atoms with Crippen LogP contribution in [0, 0.1) is 18.3 Å². The molecular weight excluding hydrogens is 398 g/mol. The lowest BCUT2D eigenvalue weighted by molar-refractivity contribution is -0.139. The molecule has 2 aliphatic heterocycles. The summed E-state index contributed by atoms with van der Waals surface area (Å²) in [5, 5.41) is 14.2. The second-order valence-corrected chi connectivity index (χ2v) is 9.02. The van der Waals surface area contributed by atoms with Crippen molar-refractivity contribution < 1.29 is 14.1 Å². The Bertz CT molecular complexity index is 879. The third kappa shape index (κ3) is 4.06. The SMILES string of the molecule is Cc1nc(N2CC[C@@H]3C[C@@H](N4CCOCC4)CC[C@@]3(C(=O)NCc3ccn[nH]3)C2)no1. The third-order valence-corrected chi connectivity index (χ3v) is 7.29. The fraction of sp³-hybridized carbons (Fsp3) is 0.714. The van der Waals surface area contributed by atoms with Gasteiger partial charge in [-0.2, -0.15) is 10.1 Å². The van der Waals surface area contributed by atoms with Crippen LogP contribution >= 0.6 is 0 Å². The largest absolute Gasteiger partial charge is 0.379 e. The summed E-state index contributed by atoms with van der Waals surface area (Å²) in [7, 11) is 0. The molecule has 2 aromatic rings. The van der Waals surface area contributed by atoms with Gasteiger partial charge in [-0.3, -0.25) is 14.8 Å². The Hall–Kier alpha value is -2.46. The maximum atomic E-state index is 13.6. The Morgan fingerprint density at radius 3 is 2.94 bits per heavy atom. The number of piperidine rings is 1. The Kier molecular flexibility index (Phi) is 5.66. The number of carbonyl (C=O) groups is 1. The first-order valence-corrected chi connectivity index (χ1v) is 11.3. The van der Waals surface area contributed by atoms with Gasteiger partial charge in [0, 0.05) is 45.3 Å². The molecule has 3 atom stereocenters. The summed E-state index contributed by atoms with van der Waals surface area (Å²) in [4.78, 5) is 22.7. The Balaban J connectivity index is 1.35. The van der Waals surface area contributed by atoms with Gasteiger partial charge in [0.25, 0.3) is 5.95 Å². The number of H-pyrrole nitrogens is 1. The van der Waals surface area contributed by atoms with Gasteiger partial charge in [-0.1, -0.05) is 0 Å². The number of anilines is 1. The van der Waals surface area contributed by atoms with Gasteiger partial charge in [-0.05, 0) is 42.8 Å². The van der Waals surface area contributed by atoms with Gasteiger partial charge < -0.3 is 19.5 Å². The second kappa shape index (κ2) is 8.58. The van der Waals surface area contributed by atoms with Crippen LogP contribution in [0.15, 0.2) is 16.8 Å². The van der Waals surface area contributed by atoms with E-state index in [1.165, 1.54) is 0 Å². The minimum Gasteiger partial charge on any atom is -0.379 e. The van der Waals surface area contributed by atoms with E-state index in [1.807, 2.05) is 6.07 Å². The van der Waals surface area contributed by atoms with Gasteiger partial charge >= 0.3 is 0 Å². The van der Waals surface area contributed by atoms with E-state index in [0.29, 0.717) is 36.9 Å². The second-order valence-electron chi connectivity index (χ2n) is 9.02. The molecule has 4 heterocycles. The van der Waals surface area contributed by atoms with Crippen molar-refractivity contribution in [2.75, 3.05) is 44.3 Å². The molecule has 0 aromatic carbocycles. The fourth-order valence-corrected chi connectivity index (χ4v) is 5.60. The van der Waals surface area contributed by atoms with E-state index >= 15 is 0 Å². The molecule has 1 amide bonds. The quantitative estimate of drug-likeness (QED) is 0.727. The summed E-state index contributed by atoms with van der Waals surface area (Å²) in [6, 6.07) is 2.42. The van der Waals surface area contributed by atoms with Crippen molar-refractivity contribution in [1.82, 2.24) is 30.6 Å². The predicted octanol–water partition coefficient (Wildman–Crippen LogP) is 1.11. The molecule has 0 unspecified atom stereocenters. The van der Waals surface area contributed by atoms with Crippen molar-refractivity contribution >= 4 is 11.9 Å². The van der Waals surface area contributed by atoms with Crippen LogP contribution in [0.25, 0.3) is 0 Å². The average Bonchev–Trinajstić information content (AvgIpc) is 3.49. The standard InChI is InChI=1S/C21H31N7O3/c1-15-24-20(26-31-15)28-7-4-16-12-18(27-8-10-30-11-9-27)2-5-21(16,14-28)19(29)22-13-17-3-6-23-25-17/h3,6,16,18H,2,4-5,7-14H2,1H3,(H,22,29)(H,23,25)/t16-,18+,21-/m1/s1. The minimum atomic E-state index is -0.449. The normalized spacial score (nSPS) is 29.5. The molecule has 2 N–H and O–H groups in total. The van der Waals surface area contributed by atoms with Gasteiger partial charge in [0.05, 0.1) is 30.9 Å². The zero-order valence-corrected chi connectivity index (χ0v) is 18.0. The van der Waals surface area contributed by atoms with Gasteiger partial charge in [0.15, 0.2) is 0 Å². The van der Waals surface area contributed by atoms with E-state index in [-0.39, 0.29) is 5.91 Å². The molecule has 2 saturated heterocycles. The van der Waals surface area contributed by atoms with Crippen LogP contribution in [0.1, 0.15) is 37.3 Å². The number of carbonyl (C=O) groups excluding carboxylic acids is 1. The van der Waals surface area contributed by atoms with Crippen LogP contribution in [0.3, 0.4) is 0 Å². The minimum absolute atomic E-state index is 0.123. The van der Waals surface area contributed by atoms with E-state index in [9.17, 15) is 4.79 Å². The molecule has 1 aliphatic carbocycles. The lowest BCUT2D eigenvalue weighted by Gasteiger charge is -2.53. The zero-order chi connectivity index (χ0) is 21.3. The first kappa shape index (κ1) is 20.4. The molecule has 0 radical (unpaired) electrons. The topological polar surface area (TPSA) is 112 Å². The number of aromatic amines is 1. The van der Waals surface area contributed by atoms with Crippen molar-refractivity contribution in [2.24, 2.45) is 11.3 Å². The summed E-state index contributed by atoms with van der Waals surface area (Å²) >= 11 is 0. The van der Waals surface area contributed by atoms with E-state index in [1.54, 1.807) is 13.1 Å². The van der Waals surface area contributed by atoms with E-state index in [2.05, 4.69) is 35.5 Å². The highest BCUT2D eigenvalue weighted by molar-refractivity contribution is 5.84. The first-order valence-electron chi connectivity index (χ1n) is 11.3. The van der Waals surface area contributed by atoms with Crippen LogP contribution in [-0.4, -0.2) is 76.6 Å². The highest BCUT2D eigenvalue weighted by Gasteiger charge is 2.53. The Labute approximate surface area is 181 Å². The third-order valence-electron chi connectivity index (χ3n) is 7.29. The van der Waals surface area contributed by atoms with Crippen molar-refractivity contribution in [3.63, 3.8) is 0 Å². The van der Waals surface area contributed by atoms with Crippen LogP contribution in [0.5, 0.6) is 0 Å². The molecule has 2 aromatic heterocycles. The molecule has 10 nitrogen and oxygen atoms in total. The van der Waals surface area contributed by atoms with Crippen LogP contribution < -0.4 is 10.2 Å². The number of fused-ring (bicyclic) bond motifs is 1. The Morgan fingerprint density at radius 2 is 2.19 bits per heavy atom. The average molecular weight is 430 g/mol. The number of aromatic nitrogens is 4. The molecule has 168 valence electrons. The summed E-state index contributed by atoms with van der Waals surface area (Å²) in [6.45, 7) is 7.32. The lowest BCUT2D eigenvalue weighted by atomic mass is 9.61. The van der Waals surface area contributed by atoms with E-state index < -0.39 is 5.41 Å². The number of aryl methyl sites for hydroxylation is 1. The molecule has 10 heteroatoms. The Morgan fingerprint density at radius 1 is 1.32 bits per heavy atom. The highest BCUT2D eigenvalue weighted by Crippen LogP contribution is 2.48. The maximum absolute atomic E-state index is 13.6. The highest BCUT2D eigenvalue weighted by atomic mass is 16.5. The van der Waals surface area contributed by atoms with Gasteiger partial charge in [-0.15, -0.1) is 0 Å². The molecular formula is C21H31N7O3.